The second-order valence-corrected chi connectivity index (χ2v) is 3.18. The summed E-state index contributed by atoms with van der Waals surface area (Å²) in [5, 5.41) is 18.9. The molecule has 4 heteroatoms. The molecule has 1 aromatic rings. The summed E-state index contributed by atoms with van der Waals surface area (Å²) in [6.45, 7) is 0. The Bertz CT molecular complexity index is 460. The Kier molecular flexibility index (Phi) is 2.25. The first-order valence-corrected chi connectivity index (χ1v) is 4.46. The molecule has 2 rings (SSSR count). The molecular weight excluding hydrogens is 194 g/mol. The molecule has 1 heterocycles. The van der Waals surface area contributed by atoms with Crippen molar-refractivity contribution in [2.24, 2.45) is 0 Å². The van der Waals surface area contributed by atoms with Crippen LogP contribution in [0.1, 0.15) is 12.0 Å². The molecule has 1 aliphatic rings. The fraction of sp³-hybridized carbons (Fsp3) is 0.0909. The van der Waals surface area contributed by atoms with Crippen LogP contribution in [-0.2, 0) is 4.79 Å². The second kappa shape index (κ2) is 3.57. The minimum absolute atomic E-state index is 0.0973. The lowest BCUT2D eigenvalue weighted by molar-refractivity contribution is -0.113. The average molecular weight is 203 g/mol. The number of nitrogens with zero attached hydrogens (tertiary/aromatic N) is 1. The molecule has 0 amide bonds. The predicted molar refractivity (Wildman–Crippen MR) is 54.1 cm³/mol. The SMILES string of the molecule is O=C1CC=C(O)C(O)=C1c1cccnc1. The van der Waals surface area contributed by atoms with E-state index in [1.165, 1.54) is 12.3 Å². The van der Waals surface area contributed by atoms with Crippen molar-refractivity contribution >= 4 is 11.4 Å². The first-order chi connectivity index (χ1) is 7.20. The molecule has 0 radical (unpaired) electrons. The lowest BCUT2D eigenvalue weighted by Gasteiger charge is -2.12. The molecule has 4 nitrogen and oxygen atoms in total. The molecule has 0 unspecified atom stereocenters. The first kappa shape index (κ1) is 9.45. The maximum Gasteiger partial charge on any atom is 0.171 e. The van der Waals surface area contributed by atoms with Gasteiger partial charge in [-0.05, 0) is 12.1 Å². The van der Waals surface area contributed by atoms with Crippen LogP contribution in [0.4, 0.5) is 0 Å². The Morgan fingerprint density at radius 2 is 2.13 bits per heavy atom. The number of aliphatic hydroxyl groups excluding tert-OH is 2. The Balaban J connectivity index is 2.56. The standard InChI is InChI=1S/C11H9NO3/c13-8-3-4-9(14)11(15)10(8)7-2-1-5-12-6-7/h1-2,4-6,14-15H,3H2. The number of allylic oxidation sites excluding steroid dienone is 2. The van der Waals surface area contributed by atoms with Gasteiger partial charge in [0.05, 0.1) is 5.57 Å². The van der Waals surface area contributed by atoms with E-state index in [0.717, 1.165) is 0 Å². The van der Waals surface area contributed by atoms with Gasteiger partial charge in [-0.15, -0.1) is 0 Å². The topological polar surface area (TPSA) is 70.4 Å². The minimum Gasteiger partial charge on any atom is -0.504 e. The zero-order valence-corrected chi connectivity index (χ0v) is 7.84. The van der Waals surface area contributed by atoms with Gasteiger partial charge in [0.2, 0.25) is 0 Å². The van der Waals surface area contributed by atoms with Gasteiger partial charge >= 0.3 is 0 Å². The van der Waals surface area contributed by atoms with Crippen LogP contribution >= 0.6 is 0 Å². The molecule has 0 saturated heterocycles. The van der Waals surface area contributed by atoms with E-state index in [4.69, 9.17) is 0 Å². The second-order valence-electron chi connectivity index (χ2n) is 3.18. The summed E-state index contributed by atoms with van der Waals surface area (Å²) in [6.07, 6.45) is 4.43. The van der Waals surface area contributed by atoms with Crippen molar-refractivity contribution in [2.45, 2.75) is 6.42 Å². The summed E-state index contributed by atoms with van der Waals surface area (Å²) in [7, 11) is 0. The van der Waals surface area contributed by atoms with E-state index in [1.807, 2.05) is 0 Å². The molecule has 76 valence electrons. The maximum absolute atomic E-state index is 11.5. The minimum atomic E-state index is -0.376. The van der Waals surface area contributed by atoms with Gasteiger partial charge in [0.1, 0.15) is 0 Å². The number of hydrogen-bond acceptors (Lipinski definition) is 4. The summed E-state index contributed by atoms with van der Waals surface area (Å²) in [4.78, 5) is 15.4. The van der Waals surface area contributed by atoms with Gasteiger partial charge in [-0.2, -0.15) is 0 Å². The smallest absolute Gasteiger partial charge is 0.171 e. The third-order valence-corrected chi connectivity index (χ3v) is 2.19. The van der Waals surface area contributed by atoms with Crippen LogP contribution in [0.25, 0.3) is 5.57 Å². The monoisotopic (exact) mass is 203 g/mol. The molecule has 2 N–H and O–H groups in total. The van der Waals surface area contributed by atoms with Crippen LogP contribution < -0.4 is 0 Å². The van der Waals surface area contributed by atoms with Crippen LogP contribution in [-0.4, -0.2) is 21.0 Å². The number of Topliss-reactive ketones (excluding diaryl/α,β-unsaturated/α-hetero) is 1. The van der Waals surface area contributed by atoms with E-state index >= 15 is 0 Å². The van der Waals surface area contributed by atoms with Crippen LogP contribution in [0.5, 0.6) is 0 Å². The van der Waals surface area contributed by atoms with Gasteiger partial charge in [-0.1, -0.05) is 6.07 Å². The number of rotatable bonds is 1. The van der Waals surface area contributed by atoms with Crippen LogP contribution in [0.2, 0.25) is 0 Å². The lowest BCUT2D eigenvalue weighted by atomic mass is 9.95. The van der Waals surface area contributed by atoms with Gasteiger partial charge in [0.25, 0.3) is 0 Å². The Morgan fingerprint density at radius 1 is 1.33 bits per heavy atom. The number of aromatic nitrogens is 1. The van der Waals surface area contributed by atoms with Gasteiger partial charge in [0, 0.05) is 24.4 Å². The third-order valence-electron chi connectivity index (χ3n) is 2.19. The molecule has 1 aromatic heterocycles. The van der Waals surface area contributed by atoms with Crippen LogP contribution in [0, 0.1) is 0 Å². The van der Waals surface area contributed by atoms with E-state index in [0.29, 0.717) is 5.56 Å². The maximum atomic E-state index is 11.5. The van der Waals surface area contributed by atoms with E-state index in [-0.39, 0.29) is 29.3 Å². The normalized spacial score (nSPS) is 16.5. The van der Waals surface area contributed by atoms with Gasteiger partial charge in [-0.25, -0.2) is 0 Å². The van der Waals surface area contributed by atoms with Crippen molar-refractivity contribution in [2.75, 3.05) is 0 Å². The molecule has 0 aromatic carbocycles. The number of aliphatic hydroxyl groups is 2. The fourth-order valence-electron chi connectivity index (χ4n) is 1.46. The quantitative estimate of drug-likeness (QED) is 0.729. The van der Waals surface area contributed by atoms with Crippen LogP contribution in [0.3, 0.4) is 0 Å². The van der Waals surface area contributed by atoms with E-state index in [9.17, 15) is 15.0 Å². The zero-order chi connectivity index (χ0) is 10.8. The first-order valence-electron chi connectivity index (χ1n) is 4.46. The van der Waals surface area contributed by atoms with Gasteiger partial charge < -0.3 is 10.2 Å². The molecule has 0 bridgehead atoms. The van der Waals surface area contributed by atoms with E-state index in [1.54, 1.807) is 18.3 Å². The Labute approximate surface area is 86.2 Å². The van der Waals surface area contributed by atoms with Crippen molar-refractivity contribution in [3.05, 3.63) is 47.7 Å². The molecule has 15 heavy (non-hydrogen) atoms. The van der Waals surface area contributed by atoms with Gasteiger partial charge in [0.15, 0.2) is 17.3 Å². The highest BCUT2D eigenvalue weighted by molar-refractivity contribution is 6.23. The van der Waals surface area contributed by atoms with Crippen molar-refractivity contribution in [3.63, 3.8) is 0 Å². The number of hydrogen-bond donors (Lipinski definition) is 2. The van der Waals surface area contributed by atoms with Crippen molar-refractivity contribution in [1.82, 2.24) is 4.98 Å². The van der Waals surface area contributed by atoms with Crippen molar-refractivity contribution in [1.29, 1.82) is 0 Å². The number of carbonyl (C=O) groups is 1. The molecule has 0 aliphatic heterocycles. The van der Waals surface area contributed by atoms with Crippen molar-refractivity contribution in [3.8, 4) is 0 Å². The summed E-state index contributed by atoms with van der Waals surface area (Å²) >= 11 is 0. The Morgan fingerprint density at radius 3 is 2.80 bits per heavy atom. The molecule has 0 fully saturated rings. The summed E-state index contributed by atoms with van der Waals surface area (Å²) < 4.78 is 0. The lowest BCUT2D eigenvalue weighted by Crippen LogP contribution is -2.10. The molecule has 0 atom stereocenters. The number of pyridine rings is 1. The van der Waals surface area contributed by atoms with Gasteiger partial charge in [-0.3, -0.25) is 9.78 Å². The summed E-state index contributed by atoms with van der Waals surface area (Å²) in [5.74, 6) is -0.856. The zero-order valence-electron chi connectivity index (χ0n) is 7.84. The highest BCUT2D eigenvalue weighted by Gasteiger charge is 2.23. The highest BCUT2D eigenvalue weighted by atomic mass is 16.3. The summed E-state index contributed by atoms with van der Waals surface area (Å²) in [5.41, 5.74) is 0.641. The summed E-state index contributed by atoms with van der Waals surface area (Å²) in [6, 6.07) is 3.33. The predicted octanol–water partition coefficient (Wildman–Crippen LogP) is 1.77. The molecular formula is C11H9NO3. The Hall–Kier alpha value is -2.10. The third kappa shape index (κ3) is 1.61. The molecule has 0 saturated carbocycles. The van der Waals surface area contributed by atoms with Crippen LogP contribution in [0.15, 0.2) is 42.1 Å². The molecule has 0 spiro atoms. The number of carbonyl (C=O) groups excluding carboxylic acids is 1. The van der Waals surface area contributed by atoms with E-state index in [2.05, 4.69) is 4.98 Å². The average Bonchev–Trinajstić information content (AvgIpc) is 2.26. The van der Waals surface area contributed by atoms with E-state index < -0.39 is 0 Å². The van der Waals surface area contributed by atoms with Crippen molar-refractivity contribution < 1.29 is 15.0 Å². The highest BCUT2D eigenvalue weighted by Crippen LogP contribution is 2.26. The number of ketones is 1. The largest absolute Gasteiger partial charge is 0.504 e. The fourth-order valence-corrected chi connectivity index (χ4v) is 1.46. The molecule has 1 aliphatic carbocycles.